The van der Waals surface area contributed by atoms with E-state index in [1.165, 1.54) is 0 Å². The third kappa shape index (κ3) is 33.0. The molecule has 8 bridgehead atoms. The number of methoxy groups -OCH3 is 1. The maximum absolute atomic E-state index is 15.2. The van der Waals surface area contributed by atoms with Gasteiger partial charge in [0, 0.05) is 173 Å². The van der Waals surface area contributed by atoms with Crippen molar-refractivity contribution in [2.24, 2.45) is 0 Å². The molecule has 2 aliphatic rings. The van der Waals surface area contributed by atoms with Crippen molar-refractivity contribution in [3.63, 3.8) is 0 Å². The highest BCUT2D eigenvalue weighted by Crippen LogP contribution is 2.29. The lowest BCUT2D eigenvalue weighted by Gasteiger charge is -2.29. The quantitative estimate of drug-likeness (QED) is 0.0201. The number of carbonyl (C=O) groups is 9. The van der Waals surface area contributed by atoms with Crippen LogP contribution in [0, 0.1) is 13.8 Å². The highest BCUT2D eigenvalue weighted by Gasteiger charge is 2.28. The smallest absolute Gasteiger partial charge is 0.407 e. The van der Waals surface area contributed by atoms with Gasteiger partial charge in [-0.1, -0.05) is 91.9 Å². The molecule has 1 unspecified atom stereocenters. The van der Waals surface area contributed by atoms with Gasteiger partial charge in [-0.05, 0) is 131 Å². The summed E-state index contributed by atoms with van der Waals surface area (Å²) in [6.07, 6.45) is 1.91. The Balaban J connectivity index is 1.07. The first-order chi connectivity index (χ1) is 57.7. The number of hydrogen-bond acceptors (Lipinski definition) is 21. The summed E-state index contributed by atoms with van der Waals surface area (Å²) in [6.45, 7) is 19.9. The Morgan fingerprint density at radius 1 is 0.395 bits per heavy atom. The molecule has 0 aliphatic carbocycles. The van der Waals surface area contributed by atoms with Gasteiger partial charge in [-0.25, -0.2) is 4.79 Å². The van der Waals surface area contributed by atoms with Crippen molar-refractivity contribution in [2.75, 3.05) is 197 Å². The molecule has 0 spiro atoms. The van der Waals surface area contributed by atoms with Crippen molar-refractivity contribution in [1.29, 1.82) is 0 Å². The number of nitrogens with one attached hydrogen (secondary N) is 9. The Morgan fingerprint density at radius 3 is 1.10 bits per heavy atom. The van der Waals surface area contributed by atoms with Gasteiger partial charge >= 0.3 is 6.09 Å². The summed E-state index contributed by atoms with van der Waals surface area (Å²) >= 11 is 0. The molecular formula is C89H123N13O17. The lowest BCUT2D eigenvalue weighted by molar-refractivity contribution is 0.0189. The van der Waals surface area contributed by atoms with Crippen LogP contribution < -0.4 is 57.3 Å². The van der Waals surface area contributed by atoms with Crippen LogP contribution in [0.15, 0.2) is 133 Å². The summed E-state index contributed by atoms with van der Waals surface area (Å²) in [6, 6.07) is 37.9. The van der Waals surface area contributed by atoms with Gasteiger partial charge in [0.05, 0.1) is 75.1 Å². The third-order valence-electron chi connectivity index (χ3n) is 19.9. The standard InChI is InChI=1S/C89H123N13O17/c1-8-53-113-58-59-114-54-51-101-46-39-92-82(105)72-28-17-26-70(65(72)2)80(103)90-35-42-99(44-37-94-84(107)74-30-19-31-75(85(108)96-40-47-101)78(74)117-63-67-21-11-9-12-22-67)49-50-100-43-36-91-81(104)71-27-18-29-73(66(71)3)83(106)93-41-48-102(52-55-115-60-61-116-57-56-112-7)62-69(25-15-16-34-97-88(111)119-89(4,5)6)98-87(110)77-33-20-32-76(86(109)95-38-45-100)79(77)118-64-68-23-13-10-14-24-68/h9-14,17-24,26-33,69H,8,15-16,25,34-64H2,1-7H3,(H,90,103)(H,91,104)(H,92,105)(H,93,106)(H,94,107)(H,95,109)(H,96,108)(H,97,111)(H,98,110). The van der Waals surface area contributed by atoms with Crippen LogP contribution in [0.3, 0.4) is 0 Å². The van der Waals surface area contributed by atoms with E-state index in [1.54, 1.807) is 115 Å². The van der Waals surface area contributed by atoms with Crippen molar-refractivity contribution in [3.8, 4) is 11.5 Å². The zero-order chi connectivity index (χ0) is 85.0. The van der Waals surface area contributed by atoms with Gasteiger partial charge < -0.3 is 85.7 Å². The van der Waals surface area contributed by atoms with Crippen molar-refractivity contribution in [1.82, 2.24) is 67.5 Å². The maximum Gasteiger partial charge on any atom is 0.407 e. The molecule has 646 valence electrons. The van der Waals surface area contributed by atoms with Crippen LogP contribution in [0.1, 0.15) is 158 Å². The molecule has 1 atom stereocenters. The Labute approximate surface area is 699 Å². The molecule has 30 nitrogen and oxygen atoms in total. The van der Waals surface area contributed by atoms with E-state index in [0.29, 0.717) is 164 Å². The Morgan fingerprint density at radius 2 is 0.723 bits per heavy atom. The number of carbonyl (C=O) groups excluding carboxylic acids is 9. The van der Waals surface area contributed by atoms with Gasteiger partial charge in [0.25, 0.3) is 47.3 Å². The summed E-state index contributed by atoms with van der Waals surface area (Å²) < 4.78 is 46.8. The SMILES string of the molecule is CCCOCCOCCN1CCNC(=O)c2cccc(c2C)C(=O)NCCN(CCN2CCNC(=O)c3cccc(c3C)C(=O)NCCN(CCOCCOCCOC)CC(CCCCNC(=O)OC(C)(C)C)NC(=O)c3cccc(c3OCc3ccccc3)C(=O)NCC2)CCNC(=O)c2cccc(c2OCc2ccccc2)C(=O)NCC1. The number of amides is 9. The van der Waals surface area contributed by atoms with E-state index in [9.17, 15) is 38.4 Å². The molecule has 6 aromatic rings. The molecule has 9 amide bonds. The zero-order valence-electron chi connectivity index (χ0n) is 70.3. The number of fused-ring (bicyclic) bond motifs is 8. The minimum atomic E-state index is -0.693. The van der Waals surface area contributed by atoms with Crippen LogP contribution in [0.4, 0.5) is 4.79 Å². The minimum Gasteiger partial charge on any atom is -0.487 e. The largest absolute Gasteiger partial charge is 0.487 e. The predicted octanol–water partition coefficient (Wildman–Crippen LogP) is 6.82. The lowest BCUT2D eigenvalue weighted by Crippen LogP contribution is -2.47. The Kier molecular flexibility index (Phi) is 41.0. The van der Waals surface area contributed by atoms with E-state index in [0.717, 1.165) is 17.5 Å². The molecule has 8 rings (SSSR count). The van der Waals surface area contributed by atoms with Gasteiger partial charge in [-0.15, -0.1) is 0 Å². The first kappa shape index (κ1) is 94.1. The summed E-state index contributed by atoms with van der Waals surface area (Å²) in [4.78, 5) is 137. The van der Waals surface area contributed by atoms with Crippen LogP contribution in [0.25, 0.3) is 0 Å². The second-order valence-electron chi connectivity index (χ2n) is 30.0. The van der Waals surface area contributed by atoms with E-state index in [2.05, 4.69) is 67.5 Å². The van der Waals surface area contributed by atoms with Crippen molar-refractivity contribution in [3.05, 3.63) is 200 Å². The van der Waals surface area contributed by atoms with E-state index < -0.39 is 59.1 Å². The molecule has 0 radical (unpaired) electrons. The molecule has 0 aromatic heterocycles. The number of alkyl carbamates (subject to hydrolysis) is 1. The highest BCUT2D eigenvalue weighted by atomic mass is 16.6. The van der Waals surface area contributed by atoms with Gasteiger partial charge in [-0.2, -0.15) is 0 Å². The average molecular weight is 1650 g/mol. The Bertz CT molecular complexity index is 4190. The predicted molar refractivity (Wildman–Crippen MR) is 454 cm³/mol. The molecule has 6 aromatic carbocycles. The first-order valence-corrected chi connectivity index (χ1v) is 41.4. The number of ether oxygens (including phenoxy) is 8. The summed E-state index contributed by atoms with van der Waals surface area (Å²) in [5.74, 6) is -3.41. The minimum absolute atomic E-state index is 0.0121. The molecule has 30 heteroatoms. The number of nitrogens with zero attached hydrogens (tertiary/aromatic N) is 4. The highest BCUT2D eigenvalue weighted by molar-refractivity contribution is 6.06. The fraction of sp³-hybridized carbons (Fsp3) is 0.494. The number of benzene rings is 6. The molecular weight excluding hydrogens is 1520 g/mol. The van der Waals surface area contributed by atoms with Gasteiger partial charge in [0.2, 0.25) is 0 Å². The average Bonchev–Trinajstić information content (AvgIpc) is 0.831. The van der Waals surface area contributed by atoms with E-state index in [4.69, 9.17) is 37.9 Å². The molecule has 0 fully saturated rings. The zero-order valence-corrected chi connectivity index (χ0v) is 70.3. The summed E-state index contributed by atoms with van der Waals surface area (Å²) in [5, 5.41) is 27.6. The number of hydrogen-bond donors (Lipinski definition) is 9. The van der Waals surface area contributed by atoms with Gasteiger partial charge in [0.15, 0.2) is 0 Å². The fourth-order valence-electron chi connectivity index (χ4n) is 13.5. The number of para-hydroxylation sites is 2. The molecule has 2 aliphatic heterocycles. The topological polar surface area (TPSA) is 349 Å². The second-order valence-corrected chi connectivity index (χ2v) is 30.0. The molecule has 0 saturated heterocycles. The van der Waals surface area contributed by atoms with Crippen LogP contribution in [0.5, 0.6) is 11.5 Å². The number of rotatable bonds is 31. The van der Waals surface area contributed by atoms with Crippen LogP contribution in [0.2, 0.25) is 0 Å². The van der Waals surface area contributed by atoms with Gasteiger partial charge in [0.1, 0.15) is 30.3 Å². The van der Waals surface area contributed by atoms with Crippen LogP contribution in [-0.2, 0) is 41.6 Å². The van der Waals surface area contributed by atoms with Crippen molar-refractivity contribution >= 4 is 53.4 Å². The molecule has 0 saturated carbocycles. The van der Waals surface area contributed by atoms with Crippen LogP contribution in [-0.4, -0.2) is 282 Å². The van der Waals surface area contributed by atoms with Crippen molar-refractivity contribution < 1.29 is 81.0 Å². The van der Waals surface area contributed by atoms with Crippen LogP contribution >= 0.6 is 0 Å². The number of unbranched alkanes of at least 4 members (excludes halogenated alkanes) is 1. The summed E-state index contributed by atoms with van der Waals surface area (Å²) in [7, 11) is 1.60. The lowest BCUT2D eigenvalue weighted by atomic mass is 10.0. The molecule has 2 heterocycles. The van der Waals surface area contributed by atoms with E-state index >= 15 is 4.79 Å². The first-order valence-electron chi connectivity index (χ1n) is 41.4. The molecule has 9 N–H and O–H groups in total. The van der Waals surface area contributed by atoms with Crippen molar-refractivity contribution in [2.45, 2.75) is 92.1 Å². The normalized spacial score (nSPS) is 16.5. The maximum atomic E-state index is 15.2. The van der Waals surface area contributed by atoms with E-state index in [-0.39, 0.29) is 131 Å². The Hall–Kier alpha value is -10.4. The third-order valence-corrected chi connectivity index (χ3v) is 19.9. The monoisotopic (exact) mass is 1650 g/mol. The second kappa shape index (κ2) is 51.8. The summed E-state index contributed by atoms with van der Waals surface area (Å²) in [5.41, 5.74) is 3.59. The van der Waals surface area contributed by atoms with E-state index in [1.807, 2.05) is 67.6 Å². The fourth-order valence-corrected chi connectivity index (χ4v) is 13.5. The molecule has 119 heavy (non-hydrogen) atoms. The van der Waals surface area contributed by atoms with Gasteiger partial charge in [-0.3, -0.25) is 58.0 Å².